The van der Waals surface area contributed by atoms with Gasteiger partial charge >= 0.3 is 0 Å². The second-order valence-electron chi connectivity index (χ2n) is 5.52. The highest BCUT2D eigenvalue weighted by Crippen LogP contribution is 2.29. The fourth-order valence-electron chi connectivity index (χ4n) is 2.52. The Bertz CT molecular complexity index is 913. The number of halogens is 1. The number of anilines is 1. The van der Waals surface area contributed by atoms with Gasteiger partial charge in [0.2, 0.25) is 0 Å². The molecule has 0 saturated heterocycles. The summed E-state index contributed by atoms with van der Waals surface area (Å²) in [5, 5.41) is 6.72. The molecule has 3 aromatic rings. The molecule has 0 unspecified atom stereocenters. The van der Waals surface area contributed by atoms with Gasteiger partial charge in [0, 0.05) is 29.4 Å². The third-order valence-corrected chi connectivity index (χ3v) is 3.82. The molecule has 0 spiro atoms. The Labute approximate surface area is 149 Å². The summed E-state index contributed by atoms with van der Waals surface area (Å²) in [7, 11) is 3.05. The van der Waals surface area contributed by atoms with Crippen molar-refractivity contribution in [3.8, 4) is 22.8 Å². The molecule has 1 aromatic heterocycles. The first-order valence-electron chi connectivity index (χ1n) is 7.78. The summed E-state index contributed by atoms with van der Waals surface area (Å²) in [4.78, 5) is 12.8. The molecular formula is C19H17FN2O4. The predicted octanol–water partition coefficient (Wildman–Crippen LogP) is 4.06. The van der Waals surface area contributed by atoms with Crippen LogP contribution in [0, 0.1) is 12.7 Å². The Morgan fingerprint density at radius 2 is 1.69 bits per heavy atom. The summed E-state index contributed by atoms with van der Waals surface area (Å²) < 4.78 is 28.7. The van der Waals surface area contributed by atoms with Gasteiger partial charge in [-0.05, 0) is 31.2 Å². The highest BCUT2D eigenvalue weighted by Gasteiger charge is 2.22. The van der Waals surface area contributed by atoms with Gasteiger partial charge in [0.1, 0.15) is 34.3 Å². The topological polar surface area (TPSA) is 73.6 Å². The standard InChI is InChI=1S/C19H17FN2O4/c1-11-17(18(22-26-11)12-4-6-13(20)7-5-12)19(23)21-14-8-15(24-2)10-16(9-14)25-3/h4-10H,1-3H3,(H,21,23). The number of hydrogen-bond donors (Lipinski definition) is 1. The van der Waals surface area contributed by atoms with Crippen molar-refractivity contribution in [2.24, 2.45) is 0 Å². The molecule has 0 aliphatic carbocycles. The van der Waals surface area contributed by atoms with E-state index in [-0.39, 0.29) is 11.4 Å². The molecule has 26 heavy (non-hydrogen) atoms. The van der Waals surface area contributed by atoms with E-state index in [4.69, 9.17) is 14.0 Å². The van der Waals surface area contributed by atoms with Gasteiger partial charge in [-0.1, -0.05) is 5.16 Å². The van der Waals surface area contributed by atoms with Gasteiger partial charge in [-0.2, -0.15) is 0 Å². The van der Waals surface area contributed by atoms with Gasteiger partial charge in [0.25, 0.3) is 5.91 Å². The summed E-state index contributed by atoms with van der Waals surface area (Å²) in [6, 6.07) is 10.7. The first kappa shape index (κ1) is 17.5. The summed E-state index contributed by atoms with van der Waals surface area (Å²) in [6.45, 7) is 1.64. The molecule has 0 atom stereocenters. The highest BCUT2D eigenvalue weighted by atomic mass is 19.1. The Morgan fingerprint density at radius 1 is 1.08 bits per heavy atom. The summed E-state index contributed by atoms with van der Waals surface area (Å²) in [5.41, 5.74) is 1.70. The van der Waals surface area contributed by atoms with Gasteiger partial charge in [-0.25, -0.2) is 4.39 Å². The first-order valence-corrected chi connectivity index (χ1v) is 7.78. The van der Waals surface area contributed by atoms with Crippen LogP contribution in [0.25, 0.3) is 11.3 Å². The van der Waals surface area contributed by atoms with Crippen molar-refractivity contribution in [2.75, 3.05) is 19.5 Å². The van der Waals surface area contributed by atoms with E-state index in [0.717, 1.165) is 0 Å². The Balaban J connectivity index is 1.94. The normalized spacial score (nSPS) is 10.5. The molecule has 1 heterocycles. The van der Waals surface area contributed by atoms with E-state index in [1.165, 1.54) is 38.5 Å². The van der Waals surface area contributed by atoms with E-state index >= 15 is 0 Å². The molecule has 2 aromatic carbocycles. The maximum Gasteiger partial charge on any atom is 0.261 e. The average Bonchev–Trinajstić information content (AvgIpc) is 3.03. The van der Waals surface area contributed by atoms with Crippen molar-refractivity contribution in [3.63, 3.8) is 0 Å². The zero-order valence-electron chi connectivity index (χ0n) is 14.5. The van der Waals surface area contributed by atoms with Crippen LogP contribution in [0.15, 0.2) is 47.0 Å². The lowest BCUT2D eigenvalue weighted by molar-refractivity contribution is 0.102. The second-order valence-corrected chi connectivity index (χ2v) is 5.52. The highest BCUT2D eigenvalue weighted by molar-refractivity contribution is 6.08. The lowest BCUT2D eigenvalue weighted by Crippen LogP contribution is -2.13. The number of carbonyl (C=O) groups is 1. The van der Waals surface area contributed by atoms with Crippen LogP contribution < -0.4 is 14.8 Å². The Kier molecular flexibility index (Phi) is 4.88. The molecule has 7 heteroatoms. The van der Waals surface area contributed by atoms with Crippen LogP contribution >= 0.6 is 0 Å². The van der Waals surface area contributed by atoms with Gasteiger partial charge in [-0.3, -0.25) is 4.79 Å². The SMILES string of the molecule is COc1cc(NC(=O)c2c(-c3ccc(F)cc3)noc2C)cc(OC)c1. The smallest absolute Gasteiger partial charge is 0.261 e. The van der Waals surface area contributed by atoms with E-state index < -0.39 is 5.91 Å². The lowest BCUT2D eigenvalue weighted by atomic mass is 10.1. The number of hydrogen-bond acceptors (Lipinski definition) is 5. The van der Waals surface area contributed by atoms with E-state index in [2.05, 4.69) is 10.5 Å². The van der Waals surface area contributed by atoms with Gasteiger partial charge in [0.15, 0.2) is 0 Å². The molecule has 134 valence electrons. The second kappa shape index (κ2) is 7.26. The predicted molar refractivity (Wildman–Crippen MR) is 94.1 cm³/mol. The van der Waals surface area contributed by atoms with Crippen LogP contribution in [-0.4, -0.2) is 25.3 Å². The number of aryl methyl sites for hydroxylation is 1. The fraction of sp³-hybridized carbons (Fsp3) is 0.158. The molecule has 6 nitrogen and oxygen atoms in total. The van der Waals surface area contributed by atoms with Gasteiger partial charge < -0.3 is 19.3 Å². The van der Waals surface area contributed by atoms with Crippen molar-refractivity contribution in [3.05, 3.63) is 59.6 Å². The van der Waals surface area contributed by atoms with Crippen molar-refractivity contribution in [1.82, 2.24) is 5.16 Å². The van der Waals surface area contributed by atoms with E-state index in [9.17, 15) is 9.18 Å². The molecule has 0 aliphatic heterocycles. The van der Waals surface area contributed by atoms with Crippen LogP contribution in [0.4, 0.5) is 10.1 Å². The zero-order valence-corrected chi connectivity index (χ0v) is 14.5. The number of aromatic nitrogens is 1. The zero-order chi connectivity index (χ0) is 18.7. The molecule has 0 saturated carbocycles. The number of ether oxygens (including phenoxy) is 2. The quantitative estimate of drug-likeness (QED) is 0.746. The van der Waals surface area contributed by atoms with E-state index in [0.29, 0.717) is 34.2 Å². The first-order chi connectivity index (χ1) is 12.5. The summed E-state index contributed by atoms with van der Waals surface area (Å²) in [6.07, 6.45) is 0. The molecule has 3 rings (SSSR count). The van der Waals surface area contributed by atoms with Crippen molar-refractivity contribution in [2.45, 2.75) is 6.92 Å². The minimum Gasteiger partial charge on any atom is -0.497 e. The maximum atomic E-state index is 13.2. The molecular weight excluding hydrogens is 339 g/mol. The number of carbonyl (C=O) groups excluding carboxylic acids is 1. The van der Waals surface area contributed by atoms with Crippen LogP contribution in [0.3, 0.4) is 0 Å². The number of nitrogens with one attached hydrogen (secondary N) is 1. The third kappa shape index (κ3) is 3.51. The minimum absolute atomic E-state index is 0.276. The van der Waals surface area contributed by atoms with E-state index in [1.54, 1.807) is 25.1 Å². The van der Waals surface area contributed by atoms with Crippen molar-refractivity contribution in [1.29, 1.82) is 0 Å². The van der Waals surface area contributed by atoms with Gasteiger partial charge in [0.05, 0.1) is 14.2 Å². The largest absolute Gasteiger partial charge is 0.497 e. The van der Waals surface area contributed by atoms with Gasteiger partial charge in [-0.15, -0.1) is 0 Å². The number of rotatable bonds is 5. The minimum atomic E-state index is -0.404. The molecule has 0 radical (unpaired) electrons. The van der Waals surface area contributed by atoms with Crippen LogP contribution in [0.1, 0.15) is 16.1 Å². The number of nitrogens with zero attached hydrogens (tertiary/aromatic N) is 1. The average molecular weight is 356 g/mol. The number of methoxy groups -OCH3 is 2. The Morgan fingerprint density at radius 3 is 2.27 bits per heavy atom. The molecule has 0 bridgehead atoms. The third-order valence-electron chi connectivity index (χ3n) is 3.82. The molecule has 1 amide bonds. The summed E-state index contributed by atoms with van der Waals surface area (Å²) in [5.74, 6) is 0.666. The van der Waals surface area contributed by atoms with Crippen LogP contribution in [0.5, 0.6) is 11.5 Å². The molecule has 0 aliphatic rings. The van der Waals surface area contributed by atoms with Crippen LogP contribution in [-0.2, 0) is 0 Å². The summed E-state index contributed by atoms with van der Waals surface area (Å²) >= 11 is 0. The van der Waals surface area contributed by atoms with Crippen molar-refractivity contribution >= 4 is 11.6 Å². The fourth-order valence-corrected chi connectivity index (χ4v) is 2.52. The monoisotopic (exact) mass is 356 g/mol. The maximum absolute atomic E-state index is 13.2. The van der Waals surface area contributed by atoms with Crippen molar-refractivity contribution < 1.29 is 23.2 Å². The number of benzene rings is 2. The number of amides is 1. The van der Waals surface area contributed by atoms with Crippen LogP contribution in [0.2, 0.25) is 0 Å². The van der Waals surface area contributed by atoms with E-state index in [1.807, 2.05) is 0 Å². The lowest BCUT2D eigenvalue weighted by Gasteiger charge is -2.10. The molecule has 1 N–H and O–H groups in total. The Hall–Kier alpha value is -3.35. The molecule has 0 fully saturated rings.